The van der Waals surface area contributed by atoms with Crippen LogP contribution in [-0.4, -0.2) is 24.2 Å². The average molecular weight is 334 g/mol. The number of aryl methyl sites for hydroxylation is 1. The van der Waals surface area contributed by atoms with Crippen molar-refractivity contribution in [2.24, 2.45) is 0 Å². The zero-order chi connectivity index (χ0) is 17.8. The summed E-state index contributed by atoms with van der Waals surface area (Å²) in [5, 5.41) is 0. The van der Waals surface area contributed by atoms with Crippen LogP contribution in [0.3, 0.4) is 0 Å². The largest absolute Gasteiger partial charge is 0.497 e. The normalized spacial score (nSPS) is 11.8. The van der Waals surface area contributed by atoms with E-state index >= 15 is 0 Å². The predicted molar refractivity (Wildman–Crippen MR) is 99.3 cm³/mol. The van der Waals surface area contributed by atoms with E-state index in [4.69, 9.17) is 9.47 Å². The third kappa shape index (κ3) is 3.79. The highest BCUT2D eigenvalue weighted by Gasteiger charge is 2.13. The lowest BCUT2D eigenvalue weighted by Crippen LogP contribution is -2.03. The first-order valence-electron chi connectivity index (χ1n) is 8.24. The van der Waals surface area contributed by atoms with Gasteiger partial charge >= 0.3 is 0 Å². The number of hydrogen-bond donors (Lipinski definition) is 0. The van der Waals surface area contributed by atoms with Gasteiger partial charge in [0.05, 0.1) is 25.6 Å². The first kappa shape index (κ1) is 17.0. The second kappa shape index (κ2) is 7.34. The van der Waals surface area contributed by atoms with Gasteiger partial charge < -0.3 is 9.47 Å². The maximum absolute atomic E-state index is 5.32. The topological polar surface area (TPSA) is 44.2 Å². The lowest BCUT2D eigenvalue weighted by Gasteiger charge is -2.14. The van der Waals surface area contributed by atoms with Crippen molar-refractivity contribution in [3.8, 4) is 22.8 Å². The van der Waals surface area contributed by atoms with E-state index in [2.05, 4.69) is 35.1 Å². The Morgan fingerprint density at radius 1 is 0.840 bits per heavy atom. The summed E-state index contributed by atoms with van der Waals surface area (Å²) in [5.41, 5.74) is 4.11. The highest BCUT2D eigenvalue weighted by Crippen LogP contribution is 2.28. The molecule has 0 amide bonds. The molecule has 0 unspecified atom stereocenters. The van der Waals surface area contributed by atoms with E-state index in [9.17, 15) is 0 Å². The fourth-order valence-corrected chi connectivity index (χ4v) is 2.81. The minimum absolute atomic E-state index is 0.164. The SMILES string of the molecule is COc1ccc([C@H](C)c2cc(-c3cccc(OC)c3)nc(C)n2)cc1. The van der Waals surface area contributed by atoms with Crippen LogP contribution in [0.5, 0.6) is 11.5 Å². The molecular weight excluding hydrogens is 312 g/mol. The molecule has 1 atom stereocenters. The molecule has 0 spiro atoms. The number of nitrogens with zero attached hydrogens (tertiary/aromatic N) is 2. The molecule has 3 rings (SSSR count). The van der Waals surface area contributed by atoms with Crippen molar-refractivity contribution in [3.63, 3.8) is 0 Å². The quantitative estimate of drug-likeness (QED) is 0.683. The monoisotopic (exact) mass is 334 g/mol. The van der Waals surface area contributed by atoms with Crippen molar-refractivity contribution in [2.75, 3.05) is 14.2 Å². The van der Waals surface area contributed by atoms with Crippen LogP contribution in [0.2, 0.25) is 0 Å². The predicted octanol–water partition coefficient (Wildman–Crippen LogP) is 4.62. The molecule has 0 fully saturated rings. The average Bonchev–Trinajstić information content (AvgIpc) is 2.67. The molecule has 0 bridgehead atoms. The Kier molecular flexibility index (Phi) is 4.98. The van der Waals surface area contributed by atoms with Crippen LogP contribution < -0.4 is 9.47 Å². The second-order valence-electron chi connectivity index (χ2n) is 5.95. The molecule has 0 saturated carbocycles. The molecule has 1 aromatic heterocycles. The molecule has 4 heteroatoms. The van der Waals surface area contributed by atoms with Crippen molar-refractivity contribution in [3.05, 3.63) is 71.7 Å². The van der Waals surface area contributed by atoms with Gasteiger partial charge in [-0.2, -0.15) is 0 Å². The molecule has 0 radical (unpaired) electrons. The van der Waals surface area contributed by atoms with Gasteiger partial charge in [-0.15, -0.1) is 0 Å². The van der Waals surface area contributed by atoms with Gasteiger partial charge in [0.15, 0.2) is 0 Å². The number of methoxy groups -OCH3 is 2. The Balaban J connectivity index is 1.97. The molecule has 3 aromatic rings. The van der Waals surface area contributed by atoms with Gasteiger partial charge in [-0.1, -0.05) is 31.2 Å². The van der Waals surface area contributed by atoms with Gasteiger partial charge in [-0.3, -0.25) is 0 Å². The number of rotatable bonds is 5. The summed E-state index contributed by atoms with van der Waals surface area (Å²) in [5.74, 6) is 2.60. The van der Waals surface area contributed by atoms with E-state index in [1.807, 2.05) is 43.3 Å². The fraction of sp³-hybridized carbons (Fsp3) is 0.238. The summed E-state index contributed by atoms with van der Waals surface area (Å²) >= 11 is 0. The molecular formula is C21H22N2O2. The minimum Gasteiger partial charge on any atom is -0.497 e. The molecule has 0 aliphatic carbocycles. The molecule has 128 valence electrons. The van der Waals surface area contributed by atoms with Gasteiger partial charge in [-0.25, -0.2) is 9.97 Å². The molecule has 0 N–H and O–H groups in total. The summed E-state index contributed by atoms with van der Waals surface area (Å²) in [4.78, 5) is 9.24. The zero-order valence-corrected chi connectivity index (χ0v) is 15.0. The Bertz CT molecular complexity index is 860. The molecule has 0 saturated heterocycles. The zero-order valence-electron chi connectivity index (χ0n) is 15.0. The van der Waals surface area contributed by atoms with Crippen molar-refractivity contribution < 1.29 is 9.47 Å². The Hall–Kier alpha value is -2.88. The van der Waals surface area contributed by atoms with E-state index in [0.717, 1.165) is 34.3 Å². The number of ether oxygens (including phenoxy) is 2. The Morgan fingerprint density at radius 3 is 2.24 bits per heavy atom. The van der Waals surface area contributed by atoms with Crippen LogP contribution in [-0.2, 0) is 0 Å². The smallest absolute Gasteiger partial charge is 0.126 e. The van der Waals surface area contributed by atoms with Gasteiger partial charge in [0, 0.05) is 11.5 Å². The summed E-state index contributed by atoms with van der Waals surface area (Å²) in [6.45, 7) is 4.08. The maximum Gasteiger partial charge on any atom is 0.126 e. The highest BCUT2D eigenvalue weighted by molar-refractivity contribution is 5.61. The molecule has 0 aliphatic heterocycles. The molecule has 2 aromatic carbocycles. The van der Waals surface area contributed by atoms with Crippen LogP contribution in [0.1, 0.15) is 29.9 Å². The number of aromatic nitrogens is 2. The summed E-state index contributed by atoms with van der Waals surface area (Å²) in [6.07, 6.45) is 0. The lowest BCUT2D eigenvalue weighted by atomic mass is 9.96. The molecule has 25 heavy (non-hydrogen) atoms. The van der Waals surface area contributed by atoms with Crippen LogP contribution in [0.15, 0.2) is 54.6 Å². The molecule has 0 aliphatic rings. The third-order valence-electron chi connectivity index (χ3n) is 4.28. The summed E-state index contributed by atoms with van der Waals surface area (Å²) < 4.78 is 10.6. The fourth-order valence-electron chi connectivity index (χ4n) is 2.81. The molecule has 4 nitrogen and oxygen atoms in total. The summed E-state index contributed by atoms with van der Waals surface area (Å²) in [6, 6.07) is 18.1. The van der Waals surface area contributed by atoms with E-state index in [0.29, 0.717) is 0 Å². The third-order valence-corrected chi connectivity index (χ3v) is 4.28. The number of benzene rings is 2. The van der Waals surface area contributed by atoms with Crippen LogP contribution >= 0.6 is 0 Å². The van der Waals surface area contributed by atoms with E-state index in [1.165, 1.54) is 5.56 Å². The van der Waals surface area contributed by atoms with Gasteiger partial charge in [-0.05, 0) is 42.8 Å². The Labute approximate surface area is 148 Å². The highest BCUT2D eigenvalue weighted by atomic mass is 16.5. The first-order valence-corrected chi connectivity index (χ1v) is 8.24. The Morgan fingerprint density at radius 2 is 1.56 bits per heavy atom. The molecule has 1 heterocycles. The van der Waals surface area contributed by atoms with Crippen LogP contribution in [0.4, 0.5) is 0 Å². The lowest BCUT2D eigenvalue weighted by molar-refractivity contribution is 0.414. The standard InChI is InChI=1S/C21H22N2O2/c1-14(16-8-10-18(24-3)11-9-16)20-13-21(23-15(2)22-20)17-6-5-7-19(12-17)25-4/h5-14H,1-4H3/t14-/m0/s1. The van der Waals surface area contributed by atoms with Crippen LogP contribution in [0, 0.1) is 6.92 Å². The first-order chi connectivity index (χ1) is 12.1. The maximum atomic E-state index is 5.32. The van der Waals surface area contributed by atoms with Crippen molar-refractivity contribution in [2.45, 2.75) is 19.8 Å². The van der Waals surface area contributed by atoms with E-state index in [1.54, 1.807) is 14.2 Å². The van der Waals surface area contributed by atoms with Crippen molar-refractivity contribution in [1.29, 1.82) is 0 Å². The number of hydrogen-bond acceptors (Lipinski definition) is 4. The summed E-state index contributed by atoms with van der Waals surface area (Å²) in [7, 11) is 3.34. The van der Waals surface area contributed by atoms with Crippen LogP contribution in [0.25, 0.3) is 11.3 Å². The van der Waals surface area contributed by atoms with Gasteiger partial charge in [0.2, 0.25) is 0 Å². The van der Waals surface area contributed by atoms with E-state index < -0.39 is 0 Å². The second-order valence-corrected chi connectivity index (χ2v) is 5.95. The van der Waals surface area contributed by atoms with Crippen molar-refractivity contribution >= 4 is 0 Å². The van der Waals surface area contributed by atoms with E-state index in [-0.39, 0.29) is 5.92 Å². The van der Waals surface area contributed by atoms with Gasteiger partial charge in [0.25, 0.3) is 0 Å². The van der Waals surface area contributed by atoms with Gasteiger partial charge in [0.1, 0.15) is 17.3 Å². The van der Waals surface area contributed by atoms with Crippen molar-refractivity contribution in [1.82, 2.24) is 9.97 Å². The minimum atomic E-state index is 0.164.